The summed E-state index contributed by atoms with van der Waals surface area (Å²) < 4.78 is -0.586. The highest BCUT2D eigenvalue weighted by atomic mass is 127. The summed E-state index contributed by atoms with van der Waals surface area (Å²) in [5.74, 6) is 0.0562. The van der Waals surface area contributed by atoms with E-state index in [1.807, 2.05) is 57.2 Å². The first-order valence-electron chi connectivity index (χ1n) is 5.90. The monoisotopic (exact) mass is 341 g/mol. The van der Waals surface area contributed by atoms with Crippen LogP contribution in [-0.4, -0.2) is 20.7 Å². The summed E-state index contributed by atoms with van der Waals surface area (Å²) in [5, 5.41) is 12.5. The number of hydrogen-bond acceptors (Lipinski definition) is 2. The van der Waals surface area contributed by atoms with Gasteiger partial charge in [-0.2, -0.15) is 0 Å². The van der Waals surface area contributed by atoms with E-state index in [0.717, 1.165) is 19.3 Å². The lowest BCUT2D eigenvalue weighted by atomic mass is 9.78. The number of alkyl halides is 1. The fourth-order valence-corrected chi connectivity index (χ4v) is 1.87. The molecule has 0 aliphatic rings. The van der Waals surface area contributed by atoms with Crippen LogP contribution in [0.5, 0.6) is 0 Å². The minimum atomic E-state index is -0.586. The van der Waals surface area contributed by atoms with Gasteiger partial charge in [0.15, 0.2) is 0 Å². The average Bonchev–Trinajstić information content (AvgIpc) is 2.20. The highest BCUT2D eigenvalue weighted by Gasteiger charge is 2.37. The minimum Gasteiger partial charge on any atom is -0.380 e. The number of aliphatic hydroxyl groups excluding tert-OH is 1. The van der Waals surface area contributed by atoms with Gasteiger partial charge in [-0.3, -0.25) is 4.79 Å². The van der Waals surface area contributed by atoms with Crippen molar-refractivity contribution in [3.8, 4) is 0 Å². The zero-order valence-corrected chi connectivity index (χ0v) is 13.1. The second kappa shape index (κ2) is 6.19. The van der Waals surface area contributed by atoms with Gasteiger partial charge < -0.3 is 10.4 Å². The molecule has 1 amide bonds. The van der Waals surface area contributed by atoms with Crippen LogP contribution < -0.4 is 5.32 Å². The maximum Gasteiger partial charge on any atom is 0.226 e. The van der Waals surface area contributed by atoms with Gasteiger partial charge in [0, 0.05) is 5.41 Å². The molecule has 2 N–H and O–H groups in total. The molecule has 0 rings (SSSR count). The lowest BCUT2D eigenvalue weighted by Gasteiger charge is -2.35. The predicted octanol–water partition coefficient (Wildman–Crippen LogP) is 2.85. The van der Waals surface area contributed by atoms with Gasteiger partial charge in [0.05, 0.1) is 5.54 Å². The molecule has 0 saturated heterocycles. The number of rotatable bonds is 6. The summed E-state index contributed by atoms with van der Waals surface area (Å²) >= 11 is 1.92. The molecule has 0 fully saturated rings. The van der Waals surface area contributed by atoms with Crippen LogP contribution >= 0.6 is 22.6 Å². The summed E-state index contributed by atoms with van der Waals surface area (Å²) in [7, 11) is 0. The van der Waals surface area contributed by atoms with Crippen LogP contribution in [0.25, 0.3) is 0 Å². The van der Waals surface area contributed by atoms with E-state index in [9.17, 15) is 9.90 Å². The Bertz CT molecular complexity index is 227. The van der Waals surface area contributed by atoms with E-state index in [4.69, 9.17) is 0 Å². The van der Waals surface area contributed by atoms with Gasteiger partial charge in [-0.25, -0.2) is 0 Å². The summed E-state index contributed by atoms with van der Waals surface area (Å²) in [5.41, 5.74) is -0.870. The number of aliphatic hydroxyl groups is 1. The zero-order chi connectivity index (χ0) is 13.0. The van der Waals surface area contributed by atoms with Crippen molar-refractivity contribution in [2.24, 2.45) is 5.41 Å². The lowest BCUT2D eigenvalue weighted by Crippen LogP contribution is -2.54. The normalized spacial score (nSPS) is 14.7. The fourth-order valence-electron chi connectivity index (χ4n) is 1.72. The average molecular weight is 341 g/mol. The molecule has 0 saturated carbocycles. The smallest absolute Gasteiger partial charge is 0.226 e. The van der Waals surface area contributed by atoms with Crippen LogP contribution in [0.15, 0.2) is 0 Å². The zero-order valence-electron chi connectivity index (χ0n) is 10.9. The van der Waals surface area contributed by atoms with E-state index in [2.05, 4.69) is 5.32 Å². The third kappa shape index (κ3) is 3.58. The van der Waals surface area contributed by atoms with E-state index in [1.54, 1.807) is 0 Å². The van der Waals surface area contributed by atoms with E-state index < -0.39 is 9.65 Å². The van der Waals surface area contributed by atoms with Gasteiger partial charge in [-0.05, 0) is 55.7 Å². The largest absolute Gasteiger partial charge is 0.380 e. The van der Waals surface area contributed by atoms with Crippen molar-refractivity contribution in [1.29, 1.82) is 0 Å². The SMILES string of the molecule is CCC(CC)(CC)C(=O)NC(C)(C)C(O)I. The number of carbonyl (C=O) groups is 1. The Morgan fingerprint density at radius 2 is 1.62 bits per heavy atom. The summed E-state index contributed by atoms with van der Waals surface area (Å²) in [6.45, 7) is 9.81. The van der Waals surface area contributed by atoms with E-state index in [-0.39, 0.29) is 11.3 Å². The third-order valence-corrected chi connectivity index (χ3v) is 5.10. The van der Waals surface area contributed by atoms with Gasteiger partial charge in [0.1, 0.15) is 4.11 Å². The Hall–Kier alpha value is 0.160. The Labute approximate surface area is 113 Å². The van der Waals surface area contributed by atoms with E-state index >= 15 is 0 Å². The molecule has 0 aliphatic heterocycles. The molecule has 0 heterocycles. The first kappa shape index (κ1) is 16.2. The number of nitrogens with one attached hydrogen (secondary N) is 1. The molecule has 16 heavy (non-hydrogen) atoms. The molecular formula is C12H24INO2. The van der Waals surface area contributed by atoms with Gasteiger partial charge in [0.25, 0.3) is 0 Å². The molecule has 4 heteroatoms. The maximum absolute atomic E-state index is 12.3. The maximum atomic E-state index is 12.3. The van der Waals surface area contributed by atoms with Gasteiger partial charge >= 0.3 is 0 Å². The third-order valence-electron chi connectivity index (χ3n) is 3.54. The van der Waals surface area contributed by atoms with Crippen molar-refractivity contribution in [2.75, 3.05) is 0 Å². The molecule has 0 radical (unpaired) electrons. The number of hydrogen-bond donors (Lipinski definition) is 2. The molecular weight excluding hydrogens is 317 g/mol. The number of amides is 1. The van der Waals surface area contributed by atoms with Crippen LogP contribution in [-0.2, 0) is 4.79 Å². The summed E-state index contributed by atoms with van der Waals surface area (Å²) in [6, 6.07) is 0. The van der Waals surface area contributed by atoms with Crippen molar-refractivity contribution in [1.82, 2.24) is 5.32 Å². The number of carbonyl (C=O) groups excluding carboxylic acids is 1. The topological polar surface area (TPSA) is 49.3 Å². The Kier molecular flexibility index (Phi) is 6.25. The van der Waals surface area contributed by atoms with Crippen molar-refractivity contribution in [3.05, 3.63) is 0 Å². The van der Waals surface area contributed by atoms with Crippen molar-refractivity contribution < 1.29 is 9.90 Å². The fraction of sp³-hybridized carbons (Fsp3) is 0.917. The lowest BCUT2D eigenvalue weighted by molar-refractivity contribution is -0.134. The highest BCUT2D eigenvalue weighted by molar-refractivity contribution is 14.1. The molecule has 0 aliphatic carbocycles. The van der Waals surface area contributed by atoms with Gasteiger partial charge in [-0.15, -0.1) is 0 Å². The Morgan fingerprint density at radius 1 is 1.25 bits per heavy atom. The quantitative estimate of drug-likeness (QED) is 0.577. The molecule has 3 nitrogen and oxygen atoms in total. The molecule has 0 bridgehead atoms. The molecule has 0 aromatic carbocycles. The minimum absolute atomic E-state index is 0.0562. The Morgan fingerprint density at radius 3 is 1.88 bits per heavy atom. The summed E-state index contributed by atoms with van der Waals surface area (Å²) in [6.07, 6.45) is 2.50. The molecule has 96 valence electrons. The molecule has 0 spiro atoms. The molecule has 0 aromatic rings. The van der Waals surface area contributed by atoms with Crippen LogP contribution in [0.3, 0.4) is 0 Å². The predicted molar refractivity (Wildman–Crippen MR) is 75.6 cm³/mol. The van der Waals surface area contributed by atoms with Crippen molar-refractivity contribution in [2.45, 2.75) is 63.5 Å². The Balaban J connectivity index is 4.79. The van der Waals surface area contributed by atoms with E-state index in [0.29, 0.717) is 0 Å². The second-order valence-corrected chi connectivity index (χ2v) is 6.03. The molecule has 0 aromatic heterocycles. The van der Waals surface area contributed by atoms with Crippen LogP contribution in [0.2, 0.25) is 0 Å². The molecule has 1 unspecified atom stereocenters. The van der Waals surface area contributed by atoms with Crippen molar-refractivity contribution in [3.63, 3.8) is 0 Å². The molecule has 1 atom stereocenters. The van der Waals surface area contributed by atoms with Crippen LogP contribution in [0.1, 0.15) is 53.9 Å². The first-order chi connectivity index (χ1) is 7.25. The summed E-state index contributed by atoms with van der Waals surface area (Å²) in [4.78, 5) is 12.3. The first-order valence-corrected chi connectivity index (χ1v) is 7.15. The van der Waals surface area contributed by atoms with Crippen LogP contribution in [0.4, 0.5) is 0 Å². The van der Waals surface area contributed by atoms with Crippen LogP contribution in [0, 0.1) is 5.41 Å². The van der Waals surface area contributed by atoms with Gasteiger partial charge in [0.2, 0.25) is 5.91 Å². The standard InChI is InChI=1S/C12H24INO2/c1-6-12(7-2,8-3)10(16)14-11(4,5)9(13)15/h9,15H,6-8H2,1-5H3,(H,14,16). The second-order valence-electron chi connectivity index (χ2n) is 4.85. The number of halogens is 1. The highest BCUT2D eigenvalue weighted by Crippen LogP contribution is 2.31. The van der Waals surface area contributed by atoms with Crippen molar-refractivity contribution >= 4 is 28.5 Å². The van der Waals surface area contributed by atoms with Gasteiger partial charge in [-0.1, -0.05) is 20.8 Å². The van der Waals surface area contributed by atoms with E-state index in [1.165, 1.54) is 0 Å².